The third kappa shape index (κ3) is 5.71. The Bertz CT molecular complexity index is 2490. The molecule has 292 valence electrons. The summed E-state index contributed by atoms with van der Waals surface area (Å²) >= 11 is 0. The van der Waals surface area contributed by atoms with Crippen molar-refractivity contribution in [1.82, 2.24) is 9.97 Å². The second-order valence-corrected chi connectivity index (χ2v) is 14.3. The van der Waals surface area contributed by atoms with Crippen molar-refractivity contribution < 1.29 is 28.4 Å². The topological polar surface area (TPSA) is 81.2 Å². The molecule has 8 nitrogen and oxygen atoms in total. The molecule has 0 N–H and O–H groups in total. The first-order valence-corrected chi connectivity index (χ1v) is 19.2. The molecule has 0 amide bonds. The van der Waals surface area contributed by atoms with Crippen LogP contribution in [0.2, 0.25) is 0 Å². The van der Waals surface area contributed by atoms with Crippen LogP contribution in [0, 0.1) is 47.4 Å². The first-order chi connectivity index (χ1) is 29.3. The van der Waals surface area contributed by atoms with Gasteiger partial charge in [-0.25, -0.2) is 9.97 Å². The van der Waals surface area contributed by atoms with Gasteiger partial charge in [-0.05, 0) is 23.7 Å². The normalized spacial score (nSPS) is 22.4. The zero-order valence-corrected chi connectivity index (χ0v) is 33.9. The number of rotatable bonds is 6. The number of aromatic nitrogens is 2. The van der Waals surface area contributed by atoms with Gasteiger partial charge in [-0.2, -0.15) is 0 Å². The fraction of sp³-hybridized carbons (Fsp3) is 0.192. The van der Waals surface area contributed by atoms with Crippen LogP contribution in [0.4, 0.5) is 0 Å². The van der Waals surface area contributed by atoms with Gasteiger partial charge in [0.1, 0.15) is 34.3 Å². The molecule has 0 unspecified atom stereocenters. The predicted molar refractivity (Wildman–Crippen MR) is 226 cm³/mol. The molecule has 8 bridgehead atoms. The molecule has 0 atom stereocenters. The van der Waals surface area contributed by atoms with E-state index in [1.54, 1.807) is 66.9 Å². The number of benzene rings is 4. The summed E-state index contributed by atoms with van der Waals surface area (Å²) in [7, 11) is 9.81. The molecule has 6 aromatic rings. The smallest absolute Gasteiger partial charge is 0.180 e. The highest BCUT2D eigenvalue weighted by molar-refractivity contribution is 5.67. The third-order valence-corrected chi connectivity index (χ3v) is 11.5. The van der Waals surface area contributed by atoms with Crippen LogP contribution in [0.25, 0.3) is 0 Å². The molecule has 60 heavy (non-hydrogen) atoms. The Morgan fingerprint density at radius 2 is 0.533 bits per heavy atom. The molecule has 1 aliphatic heterocycles. The van der Waals surface area contributed by atoms with Gasteiger partial charge in [0.15, 0.2) is 22.4 Å². The average Bonchev–Trinajstić information content (AvgIpc) is 3.31. The first-order valence-electron chi connectivity index (χ1n) is 19.2. The maximum atomic E-state index is 6.51. The van der Waals surface area contributed by atoms with Gasteiger partial charge in [0.25, 0.3) is 0 Å². The molecule has 3 aliphatic rings. The molecule has 0 saturated carbocycles. The van der Waals surface area contributed by atoms with Crippen LogP contribution in [0.3, 0.4) is 0 Å². The van der Waals surface area contributed by atoms with E-state index < -0.39 is 22.4 Å². The van der Waals surface area contributed by atoms with Crippen LogP contribution in [-0.2, 0) is 41.4 Å². The van der Waals surface area contributed by atoms with Gasteiger partial charge in [-0.1, -0.05) is 121 Å². The molecule has 0 radical (unpaired) electrons. The molecule has 4 aromatic carbocycles. The molecule has 2 aromatic heterocycles. The van der Waals surface area contributed by atoms with E-state index in [0.717, 1.165) is 44.5 Å². The minimum Gasteiger partial charge on any atom is -0.497 e. The standard InChI is InChI=1S/C52H38N2O6/c1-55-39-31-35-23-27-49(57-3)41-15-7-11-19-45(41)51(59-5,46-20-12-8-16-42(46)49)29-25-37-33-40(56-2)34-38(54-37)26-30-52(60-6)47-21-13-9-17-43(47)50(58-4,28-24-36(32-39)53-35)44-18-10-14-22-48(44)52/h7-22,31-34H,1-6H3. The molecule has 0 spiro atoms. The largest absolute Gasteiger partial charge is 0.497 e. The molecular formula is C52H38N2O6. The fourth-order valence-corrected chi connectivity index (χ4v) is 8.70. The van der Waals surface area contributed by atoms with Crippen molar-refractivity contribution in [2.24, 2.45) is 0 Å². The molecule has 8 heteroatoms. The molecule has 9 rings (SSSR count). The number of hydrogen-bond acceptors (Lipinski definition) is 8. The van der Waals surface area contributed by atoms with Crippen LogP contribution >= 0.6 is 0 Å². The van der Waals surface area contributed by atoms with E-state index in [0.29, 0.717) is 34.3 Å². The lowest BCUT2D eigenvalue weighted by atomic mass is 9.67. The van der Waals surface area contributed by atoms with Crippen LogP contribution in [0.1, 0.15) is 67.3 Å². The van der Waals surface area contributed by atoms with Gasteiger partial charge in [-0.3, -0.25) is 0 Å². The highest BCUT2D eigenvalue weighted by atomic mass is 16.5. The van der Waals surface area contributed by atoms with Crippen LogP contribution in [0.15, 0.2) is 121 Å². The van der Waals surface area contributed by atoms with E-state index in [-0.39, 0.29) is 0 Å². The molecule has 0 saturated heterocycles. The van der Waals surface area contributed by atoms with Crippen LogP contribution < -0.4 is 9.47 Å². The predicted octanol–water partition coefficient (Wildman–Crippen LogP) is 7.20. The summed E-state index contributed by atoms with van der Waals surface area (Å²) in [6.45, 7) is 0. The Labute approximate surface area is 349 Å². The van der Waals surface area contributed by atoms with Crippen molar-refractivity contribution in [1.29, 1.82) is 0 Å². The van der Waals surface area contributed by atoms with E-state index >= 15 is 0 Å². The SMILES string of the molecule is COc1cc2nc(c1)C#CC1(OC)c3ccccc3C(OC)(C#Cc3cc(OC)cc(n3)C#CC3(OC)c4ccccc4C(OC)(C#C2)c2ccccc23)c2ccccc21. The second-order valence-electron chi connectivity index (χ2n) is 14.3. The van der Waals surface area contributed by atoms with Crippen molar-refractivity contribution >= 4 is 0 Å². The second kappa shape index (κ2) is 14.9. The Hall–Kier alpha value is -7.14. The Morgan fingerprint density at radius 1 is 0.333 bits per heavy atom. The van der Waals surface area contributed by atoms with Gasteiger partial charge in [0.05, 0.1) is 14.2 Å². The van der Waals surface area contributed by atoms with Gasteiger partial charge in [-0.15, -0.1) is 0 Å². The zero-order chi connectivity index (χ0) is 41.5. The number of hydrogen-bond donors (Lipinski definition) is 0. The number of fused-ring (bicyclic) bond motifs is 10. The van der Waals surface area contributed by atoms with Crippen LogP contribution in [0.5, 0.6) is 11.5 Å². The minimum absolute atomic E-state index is 0.431. The summed E-state index contributed by atoms with van der Waals surface area (Å²) in [6, 6.07) is 38.7. The number of nitrogens with zero attached hydrogens (tertiary/aromatic N) is 2. The first kappa shape index (κ1) is 38.4. The van der Waals surface area contributed by atoms with Crippen molar-refractivity contribution in [3.8, 4) is 58.9 Å². The number of ether oxygens (including phenoxy) is 6. The third-order valence-electron chi connectivity index (χ3n) is 11.5. The lowest BCUT2D eigenvalue weighted by Gasteiger charge is -2.43. The molecule has 0 fully saturated rings. The van der Waals surface area contributed by atoms with E-state index in [9.17, 15) is 0 Å². The van der Waals surface area contributed by atoms with Gasteiger partial charge in [0, 0.05) is 97.2 Å². The summed E-state index contributed by atoms with van der Waals surface area (Å²) in [5, 5.41) is 0. The Kier molecular flexibility index (Phi) is 9.54. The monoisotopic (exact) mass is 786 g/mol. The quantitative estimate of drug-likeness (QED) is 0.164. The summed E-state index contributed by atoms with van der Waals surface area (Å²) in [5.74, 6) is 28.5. The van der Waals surface area contributed by atoms with Crippen LogP contribution in [-0.4, -0.2) is 52.6 Å². The molecule has 2 aliphatic carbocycles. The van der Waals surface area contributed by atoms with E-state index in [1.807, 2.05) is 97.1 Å². The van der Waals surface area contributed by atoms with Crippen molar-refractivity contribution in [2.45, 2.75) is 22.4 Å². The van der Waals surface area contributed by atoms with E-state index in [1.165, 1.54) is 0 Å². The van der Waals surface area contributed by atoms with Crippen molar-refractivity contribution in [3.63, 3.8) is 0 Å². The molecular weight excluding hydrogens is 749 g/mol. The van der Waals surface area contributed by atoms with E-state index in [2.05, 4.69) is 47.4 Å². The summed E-state index contributed by atoms with van der Waals surface area (Å²) in [5.41, 5.74) is 2.89. The average molecular weight is 787 g/mol. The maximum Gasteiger partial charge on any atom is 0.180 e. The highest BCUT2D eigenvalue weighted by Gasteiger charge is 2.52. The lowest BCUT2D eigenvalue weighted by Crippen LogP contribution is -2.43. The van der Waals surface area contributed by atoms with Gasteiger partial charge in [0.2, 0.25) is 0 Å². The highest BCUT2D eigenvalue weighted by Crippen LogP contribution is 2.52. The fourth-order valence-electron chi connectivity index (χ4n) is 8.70. The number of methoxy groups -OCH3 is 6. The summed E-state index contributed by atoms with van der Waals surface area (Å²) in [6.07, 6.45) is 0. The Morgan fingerprint density at radius 3 is 0.700 bits per heavy atom. The van der Waals surface area contributed by atoms with Crippen molar-refractivity contribution in [3.05, 3.63) is 189 Å². The Balaban J connectivity index is 1.40. The maximum absolute atomic E-state index is 6.51. The number of pyridine rings is 2. The molecule has 3 heterocycles. The van der Waals surface area contributed by atoms with Gasteiger partial charge >= 0.3 is 0 Å². The zero-order valence-electron chi connectivity index (χ0n) is 33.9. The summed E-state index contributed by atoms with van der Waals surface area (Å²) in [4.78, 5) is 9.90. The van der Waals surface area contributed by atoms with E-state index in [4.69, 9.17) is 38.4 Å². The lowest BCUT2D eigenvalue weighted by molar-refractivity contribution is 0.0329. The van der Waals surface area contributed by atoms with Crippen molar-refractivity contribution in [2.75, 3.05) is 42.7 Å². The minimum atomic E-state index is -1.25. The van der Waals surface area contributed by atoms with Gasteiger partial charge < -0.3 is 28.4 Å². The summed E-state index contributed by atoms with van der Waals surface area (Å²) < 4.78 is 37.6.